The third kappa shape index (κ3) is 3.18. The lowest BCUT2D eigenvalue weighted by Gasteiger charge is -2.56. The molecule has 0 spiro atoms. The Balaban J connectivity index is 1.21. The maximum atomic E-state index is 13.2. The van der Waals surface area contributed by atoms with Gasteiger partial charge in [-0.15, -0.1) is 0 Å². The van der Waals surface area contributed by atoms with Gasteiger partial charge in [-0.3, -0.25) is 4.79 Å². The lowest BCUT2D eigenvalue weighted by atomic mass is 9.49. The first-order valence-corrected chi connectivity index (χ1v) is 12.2. The van der Waals surface area contributed by atoms with Crippen molar-refractivity contribution in [2.45, 2.75) is 62.3 Å². The minimum Gasteiger partial charge on any atom is -0.353 e. The maximum Gasteiger partial charge on any atom is 0.243 e. The molecule has 0 atom stereocenters. The Labute approximate surface area is 167 Å². The highest BCUT2D eigenvalue weighted by Gasteiger charge is 2.54. The fourth-order valence-electron chi connectivity index (χ4n) is 6.71. The van der Waals surface area contributed by atoms with Crippen molar-refractivity contribution in [3.63, 3.8) is 0 Å². The second-order valence-electron chi connectivity index (χ2n) is 9.66. The molecule has 152 valence electrons. The average molecular weight is 403 g/mol. The zero-order valence-corrected chi connectivity index (χ0v) is 17.2. The molecule has 5 fully saturated rings. The first-order chi connectivity index (χ1) is 13.4. The van der Waals surface area contributed by atoms with Crippen molar-refractivity contribution in [1.29, 1.82) is 0 Å². The molecular weight excluding hydrogens is 372 g/mol. The zero-order valence-electron chi connectivity index (χ0n) is 16.3. The van der Waals surface area contributed by atoms with E-state index in [1.807, 2.05) is 6.07 Å². The predicted molar refractivity (Wildman–Crippen MR) is 107 cm³/mol. The highest BCUT2D eigenvalue weighted by Crippen LogP contribution is 2.60. The van der Waals surface area contributed by atoms with Crippen molar-refractivity contribution < 1.29 is 13.2 Å². The van der Waals surface area contributed by atoms with Gasteiger partial charge in [0, 0.05) is 24.5 Å². The molecule has 5 nitrogen and oxygen atoms in total. The molecule has 0 radical (unpaired) electrons. The Morgan fingerprint density at radius 2 is 1.46 bits per heavy atom. The van der Waals surface area contributed by atoms with Gasteiger partial charge in [-0.05, 0) is 81.3 Å². The van der Waals surface area contributed by atoms with E-state index in [-0.39, 0.29) is 17.4 Å². The third-order valence-corrected chi connectivity index (χ3v) is 9.60. The summed E-state index contributed by atoms with van der Waals surface area (Å²) in [6.45, 7) is 0.950. The smallest absolute Gasteiger partial charge is 0.243 e. The van der Waals surface area contributed by atoms with Crippen molar-refractivity contribution in [1.82, 2.24) is 9.62 Å². The molecule has 1 saturated heterocycles. The van der Waals surface area contributed by atoms with Gasteiger partial charge in [0.1, 0.15) is 0 Å². The van der Waals surface area contributed by atoms with Crippen LogP contribution in [0.5, 0.6) is 0 Å². The van der Waals surface area contributed by atoms with E-state index < -0.39 is 10.0 Å². The minimum atomic E-state index is -3.43. The van der Waals surface area contributed by atoms with Crippen LogP contribution in [-0.4, -0.2) is 37.8 Å². The summed E-state index contributed by atoms with van der Waals surface area (Å²) in [6.07, 6.45) is 8.63. The summed E-state index contributed by atoms with van der Waals surface area (Å²) in [6, 6.07) is 8.73. The number of carbonyl (C=O) groups is 1. The second-order valence-corrected chi connectivity index (χ2v) is 11.6. The highest BCUT2D eigenvalue weighted by atomic mass is 32.2. The molecule has 0 aromatic heterocycles. The van der Waals surface area contributed by atoms with Gasteiger partial charge in [-0.2, -0.15) is 4.31 Å². The van der Waals surface area contributed by atoms with Crippen molar-refractivity contribution in [2.75, 3.05) is 13.1 Å². The number of hydrogen-bond acceptors (Lipinski definition) is 3. The molecule has 1 N–H and O–H groups in total. The topological polar surface area (TPSA) is 66.5 Å². The number of nitrogens with zero attached hydrogens (tertiary/aromatic N) is 1. The Kier molecular flexibility index (Phi) is 4.55. The standard InChI is InChI=1S/C22H30N2O3S/c25-21(22-13-16-10-17(14-22)12-18(11-16)15-22)23-19-6-8-24(9-7-19)28(26,27)20-4-2-1-3-5-20/h1-5,16-19H,6-15H2,(H,23,25). The van der Waals surface area contributed by atoms with E-state index in [1.165, 1.54) is 19.3 Å². The van der Waals surface area contributed by atoms with Gasteiger partial charge in [-0.1, -0.05) is 18.2 Å². The van der Waals surface area contributed by atoms with Gasteiger partial charge in [-0.25, -0.2) is 8.42 Å². The van der Waals surface area contributed by atoms with Crippen LogP contribution in [0.2, 0.25) is 0 Å². The van der Waals surface area contributed by atoms with Gasteiger partial charge < -0.3 is 5.32 Å². The number of sulfonamides is 1. The maximum absolute atomic E-state index is 13.2. The number of piperidine rings is 1. The number of nitrogens with one attached hydrogen (secondary N) is 1. The summed E-state index contributed by atoms with van der Waals surface area (Å²) in [5, 5.41) is 3.33. The number of hydrogen-bond donors (Lipinski definition) is 1. The molecule has 1 aromatic rings. The molecule has 1 amide bonds. The molecule has 4 saturated carbocycles. The van der Waals surface area contributed by atoms with Gasteiger partial charge in [0.25, 0.3) is 0 Å². The lowest BCUT2D eigenvalue weighted by molar-refractivity contribution is -0.147. The minimum absolute atomic E-state index is 0.0997. The quantitative estimate of drug-likeness (QED) is 0.841. The monoisotopic (exact) mass is 402 g/mol. The van der Waals surface area contributed by atoms with Crippen LogP contribution in [-0.2, 0) is 14.8 Å². The SMILES string of the molecule is O=C(NC1CCN(S(=O)(=O)c2ccccc2)CC1)C12CC3CC(CC(C3)C1)C2. The van der Waals surface area contributed by atoms with Crippen LogP contribution >= 0.6 is 0 Å². The van der Waals surface area contributed by atoms with Gasteiger partial charge in [0.2, 0.25) is 15.9 Å². The van der Waals surface area contributed by atoms with Crippen LogP contribution in [0.25, 0.3) is 0 Å². The van der Waals surface area contributed by atoms with E-state index in [2.05, 4.69) is 5.32 Å². The Bertz CT molecular complexity index is 809. The summed E-state index contributed by atoms with van der Waals surface area (Å²) in [5.74, 6) is 2.54. The lowest BCUT2D eigenvalue weighted by Crippen LogP contribution is -2.56. The largest absolute Gasteiger partial charge is 0.353 e. The van der Waals surface area contributed by atoms with Gasteiger partial charge >= 0.3 is 0 Å². The van der Waals surface area contributed by atoms with Crippen LogP contribution in [0.3, 0.4) is 0 Å². The first kappa shape index (κ1) is 18.6. The first-order valence-electron chi connectivity index (χ1n) is 10.8. The van der Waals surface area contributed by atoms with Gasteiger partial charge in [0.15, 0.2) is 0 Å². The van der Waals surface area contributed by atoms with E-state index in [1.54, 1.807) is 28.6 Å². The Hall–Kier alpha value is -1.40. The van der Waals surface area contributed by atoms with Crippen molar-refractivity contribution in [2.24, 2.45) is 23.2 Å². The van der Waals surface area contributed by atoms with Gasteiger partial charge in [0.05, 0.1) is 4.90 Å². The molecule has 6 heteroatoms. The molecule has 4 bridgehead atoms. The van der Waals surface area contributed by atoms with E-state index in [9.17, 15) is 13.2 Å². The summed E-state index contributed by atoms with van der Waals surface area (Å²) >= 11 is 0. The number of amides is 1. The fourth-order valence-corrected chi connectivity index (χ4v) is 8.20. The number of rotatable bonds is 4. The average Bonchev–Trinajstić information content (AvgIpc) is 2.68. The summed E-state index contributed by atoms with van der Waals surface area (Å²) in [7, 11) is -3.43. The molecule has 0 unspecified atom stereocenters. The van der Waals surface area contributed by atoms with Crippen LogP contribution in [0.4, 0.5) is 0 Å². The fraction of sp³-hybridized carbons (Fsp3) is 0.682. The highest BCUT2D eigenvalue weighted by molar-refractivity contribution is 7.89. The molecule has 28 heavy (non-hydrogen) atoms. The van der Waals surface area contributed by atoms with E-state index in [0.717, 1.165) is 37.0 Å². The number of benzene rings is 1. The summed E-state index contributed by atoms with van der Waals surface area (Å²) in [4.78, 5) is 13.6. The normalized spacial score (nSPS) is 35.8. The Morgan fingerprint density at radius 3 is 2.00 bits per heavy atom. The van der Waals surface area contributed by atoms with E-state index in [4.69, 9.17) is 0 Å². The van der Waals surface area contributed by atoms with Crippen molar-refractivity contribution >= 4 is 15.9 Å². The molecule has 6 rings (SSSR count). The number of carbonyl (C=O) groups excluding carboxylic acids is 1. The zero-order chi connectivity index (χ0) is 19.4. The molecule has 4 aliphatic carbocycles. The predicted octanol–water partition coefficient (Wildman–Crippen LogP) is 3.17. The Morgan fingerprint density at radius 1 is 0.929 bits per heavy atom. The summed E-state index contributed by atoms with van der Waals surface area (Å²) in [5.41, 5.74) is -0.123. The molecule has 1 heterocycles. The van der Waals surface area contributed by atoms with Crippen molar-refractivity contribution in [3.8, 4) is 0 Å². The van der Waals surface area contributed by atoms with Crippen LogP contribution in [0.15, 0.2) is 35.2 Å². The third-order valence-electron chi connectivity index (χ3n) is 7.69. The van der Waals surface area contributed by atoms with E-state index in [0.29, 0.717) is 30.8 Å². The van der Waals surface area contributed by atoms with Crippen LogP contribution < -0.4 is 5.32 Å². The molecule has 5 aliphatic rings. The molecule has 1 aliphatic heterocycles. The van der Waals surface area contributed by atoms with Crippen LogP contribution in [0, 0.1) is 23.2 Å². The molecule has 1 aromatic carbocycles. The van der Waals surface area contributed by atoms with Crippen LogP contribution in [0.1, 0.15) is 51.4 Å². The molecular formula is C22H30N2O3S. The van der Waals surface area contributed by atoms with Crippen molar-refractivity contribution in [3.05, 3.63) is 30.3 Å². The van der Waals surface area contributed by atoms with E-state index >= 15 is 0 Å². The second kappa shape index (κ2) is 6.84. The summed E-state index contributed by atoms with van der Waals surface area (Å²) < 4.78 is 27.1.